The SMILES string of the molecule is CC1CCNC1CN1CCc2sccc2C1. The van der Waals surface area contributed by atoms with Gasteiger partial charge in [-0.1, -0.05) is 6.92 Å². The molecule has 1 aromatic heterocycles. The van der Waals surface area contributed by atoms with Crippen LogP contribution in [0, 0.1) is 5.92 Å². The molecule has 0 radical (unpaired) electrons. The van der Waals surface area contributed by atoms with Crippen molar-refractivity contribution < 1.29 is 0 Å². The molecule has 2 aliphatic rings. The van der Waals surface area contributed by atoms with E-state index in [0.717, 1.165) is 12.0 Å². The lowest BCUT2D eigenvalue weighted by atomic mass is 10.0. The molecule has 3 rings (SSSR count). The molecule has 3 heterocycles. The summed E-state index contributed by atoms with van der Waals surface area (Å²) in [4.78, 5) is 4.23. The molecule has 0 saturated carbocycles. The Kier molecular flexibility index (Phi) is 3.01. The minimum atomic E-state index is 0.722. The van der Waals surface area contributed by atoms with E-state index in [2.05, 4.69) is 28.6 Å². The summed E-state index contributed by atoms with van der Waals surface area (Å²) in [6.07, 6.45) is 2.61. The van der Waals surface area contributed by atoms with Crippen LogP contribution in [0.15, 0.2) is 11.4 Å². The van der Waals surface area contributed by atoms with Crippen LogP contribution in [0.1, 0.15) is 23.8 Å². The summed E-state index contributed by atoms with van der Waals surface area (Å²) in [5.74, 6) is 0.851. The third-order valence-electron chi connectivity index (χ3n) is 4.03. The lowest BCUT2D eigenvalue weighted by Gasteiger charge is -2.30. The molecule has 2 aliphatic heterocycles. The zero-order valence-corrected chi connectivity index (χ0v) is 10.7. The van der Waals surface area contributed by atoms with Gasteiger partial charge in [-0.25, -0.2) is 0 Å². The number of hydrogen-bond donors (Lipinski definition) is 1. The molecule has 0 amide bonds. The van der Waals surface area contributed by atoms with Crippen LogP contribution in [-0.2, 0) is 13.0 Å². The van der Waals surface area contributed by atoms with Gasteiger partial charge in [0.15, 0.2) is 0 Å². The van der Waals surface area contributed by atoms with Crippen molar-refractivity contribution in [3.05, 3.63) is 21.9 Å². The van der Waals surface area contributed by atoms with E-state index < -0.39 is 0 Å². The molecule has 1 N–H and O–H groups in total. The van der Waals surface area contributed by atoms with Crippen molar-refractivity contribution in [3.63, 3.8) is 0 Å². The average Bonchev–Trinajstić information content (AvgIpc) is 2.88. The van der Waals surface area contributed by atoms with Crippen molar-refractivity contribution in [2.24, 2.45) is 5.92 Å². The van der Waals surface area contributed by atoms with Crippen LogP contribution in [0.3, 0.4) is 0 Å². The lowest BCUT2D eigenvalue weighted by molar-refractivity contribution is 0.219. The van der Waals surface area contributed by atoms with E-state index in [4.69, 9.17) is 0 Å². The third-order valence-corrected chi connectivity index (χ3v) is 5.06. The van der Waals surface area contributed by atoms with E-state index in [1.807, 2.05) is 11.3 Å². The Hall–Kier alpha value is -0.380. The second-order valence-corrected chi connectivity index (χ2v) is 6.18. The zero-order valence-electron chi connectivity index (χ0n) is 9.91. The molecule has 0 aliphatic carbocycles. The van der Waals surface area contributed by atoms with E-state index in [1.54, 1.807) is 10.4 Å². The van der Waals surface area contributed by atoms with Crippen LogP contribution in [0.5, 0.6) is 0 Å². The first kappa shape index (κ1) is 10.8. The Bertz CT molecular complexity index is 361. The normalized spacial score (nSPS) is 30.6. The van der Waals surface area contributed by atoms with Crippen LogP contribution in [0.2, 0.25) is 0 Å². The standard InChI is InChI=1S/C13H20N2S/c1-10-2-5-14-12(10)9-15-6-3-13-11(8-15)4-7-16-13/h4,7,10,12,14H,2-3,5-6,8-9H2,1H3. The molecule has 1 aromatic rings. The van der Waals surface area contributed by atoms with Crippen LogP contribution in [0.25, 0.3) is 0 Å². The molecule has 2 atom stereocenters. The van der Waals surface area contributed by atoms with Gasteiger partial charge in [0, 0.05) is 30.6 Å². The van der Waals surface area contributed by atoms with Crippen molar-refractivity contribution in [3.8, 4) is 0 Å². The maximum Gasteiger partial charge on any atom is 0.0245 e. The van der Waals surface area contributed by atoms with Crippen molar-refractivity contribution in [1.29, 1.82) is 0 Å². The fraction of sp³-hybridized carbons (Fsp3) is 0.692. The topological polar surface area (TPSA) is 15.3 Å². The predicted octanol–water partition coefficient (Wildman–Crippen LogP) is 2.10. The van der Waals surface area contributed by atoms with Crippen LogP contribution in [0.4, 0.5) is 0 Å². The molecular weight excluding hydrogens is 216 g/mol. The molecule has 16 heavy (non-hydrogen) atoms. The second kappa shape index (κ2) is 4.47. The first-order valence-corrected chi connectivity index (χ1v) is 7.22. The first-order chi connectivity index (χ1) is 7.83. The molecule has 0 bridgehead atoms. The number of nitrogens with zero attached hydrogens (tertiary/aromatic N) is 1. The highest BCUT2D eigenvalue weighted by Crippen LogP contribution is 2.25. The Balaban J connectivity index is 1.61. The molecule has 88 valence electrons. The van der Waals surface area contributed by atoms with Crippen molar-refractivity contribution in [2.45, 2.75) is 32.4 Å². The van der Waals surface area contributed by atoms with Gasteiger partial charge in [-0.15, -0.1) is 11.3 Å². The third kappa shape index (κ3) is 2.04. The quantitative estimate of drug-likeness (QED) is 0.846. The molecule has 1 fully saturated rings. The molecule has 2 unspecified atom stereocenters. The van der Waals surface area contributed by atoms with Crippen LogP contribution < -0.4 is 5.32 Å². The first-order valence-electron chi connectivity index (χ1n) is 6.34. The highest BCUT2D eigenvalue weighted by molar-refractivity contribution is 7.10. The van der Waals surface area contributed by atoms with Crippen molar-refractivity contribution in [2.75, 3.05) is 19.6 Å². The molecule has 1 saturated heterocycles. The molecular formula is C13H20N2S. The smallest absolute Gasteiger partial charge is 0.0245 e. The summed E-state index contributed by atoms with van der Waals surface area (Å²) < 4.78 is 0. The van der Waals surface area contributed by atoms with Gasteiger partial charge >= 0.3 is 0 Å². The van der Waals surface area contributed by atoms with E-state index in [0.29, 0.717) is 0 Å². The Labute approximate surface area is 102 Å². The Morgan fingerprint density at radius 1 is 1.56 bits per heavy atom. The van der Waals surface area contributed by atoms with E-state index >= 15 is 0 Å². The average molecular weight is 236 g/mol. The maximum atomic E-state index is 3.63. The molecule has 2 nitrogen and oxygen atoms in total. The predicted molar refractivity (Wildman–Crippen MR) is 68.9 cm³/mol. The monoisotopic (exact) mass is 236 g/mol. The minimum absolute atomic E-state index is 0.722. The highest BCUT2D eigenvalue weighted by atomic mass is 32.1. The van der Waals surface area contributed by atoms with Gasteiger partial charge in [0.25, 0.3) is 0 Å². The van der Waals surface area contributed by atoms with Gasteiger partial charge in [-0.05, 0) is 42.3 Å². The lowest BCUT2D eigenvalue weighted by Crippen LogP contribution is -2.42. The fourth-order valence-corrected chi connectivity index (χ4v) is 3.77. The number of fused-ring (bicyclic) bond motifs is 1. The van der Waals surface area contributed by atoms with Gasteiger partial charge in [-0.3, -0.25) is 4.90 Å². The summed E-state index contributed by atoms with van der Waals surface area (Å²) in [5.41, 5.74) is 1.57. The van der Waals surface area contributed by atoms with Crippen LogP contribution in [-0.4, -0.2) is 30.6 Å². The summed E-state index contributed by atoms with van der Waals surface area (Å²) in [7, 11) is 0. The van der Waals surface area contributed by atoms with E-state index in [1.165, 1.54) is 39.0 Å². The number of nitrogens with one attached hydrogen (secondary N) is 1. The largest absolute Gasteiger partial charge is 0.312 e. The Morgan fingerprint density at radius 2 is 2.50 bits per heavy atom. The second-order valence-electron chi connectivity index (χ2n) is 5.18. The van der Waals surface area contributed by atoms with Gasteiger partial charge in [0.1, 0.15) is 0 Å². The molecule has 0 spiro atoms. The summed E-state index contributed by atoms with van der Waals surface area (Å²) in [5, 5.41) is 5.87. The Morgan fingerprint density at radius 3 is 3.31 bits per heavy atom. The zero-order chi connectivity index (χ0) is 11.0. The maximum absolute atomic E-state index is 3.63. The van der Waals surface area contributed by atoms with Gasteiger partial charge in [0.05, 0.1) is 0 Å². The van der Waals surface area contributed by atoms with Gasteiger partial charge in [-0.2, -0.15) is 0 Å². The molecule has 3 heteroatoms. The van der Waals surface area contributed by atoms with E-state index in [-0.39, 0.29) is 0 Å². The number of hydrogen-bond acceptors (Lipinski definition) is 3. The van der Waals surface area contributed by atoms with Crippen molar-refractivity contribution in [1.82, 2.24) is 10.2 Å². The molecule has 0 aromatic carbocycles. The van der Waals surface area contributed by atoms with Gasteiger partial charge < -0.3 is 5.32 Å². The number of thiophene rings is 1. The summed E-state index contributed by atoms with van der Waals surface area (Å²) in [6.45, 7) is 7.24. The highest BCUT2D eigenvalue weighted by Gasteiger charge is 2.26. The number of rotatable bonds is 2. The van der Waals surface area contributed by atoms with E-state index in [9.17, 15) is 0 Å². The van der Waals surface area contributed by atoms with Gasteiger partial charge in [0.2, 0.25) is 0 Å². The summed E-state index contributed by atoms with van der Waals surface area (Å²) >= 11 is 1.93. The van der Waals surface area contributed by atoms with Crippen molar-refractivity contribution >= 4 is 11.3 Å². The van der Waals surface area contributed by atoms with Crippen LogP contribution >= 0.6 is 11.3 Å². The fourth-order valence-electron chi connectivity index (χ4n) is 2.88. The minimum Gasteiger partial charge on any atom is -0.312 e. The summed E-state index contributed by atoms with van der Waals surface area (Å²) in [6, 6.07) is 3.03.